The Morgan fingerprint density at radius 2 is 1.74 bits per heavy atom. The minimum atomic E-state index is -0.723. The second-order valence-corrected chi connectivity index (χ2v) is 6.03. The van der Waals surface area contributed by atoms with Crippen LogP contribution in [0.5, 0.6) is 0 Å². The maximum atomic E-state index is 13.8. The van der Waals surface area contributed by atoms with E-state index in [4.69, 9.17) is 0 Å². The van der Waals surface area contributed by atoms with Crippen molar-refractivity contribution in [1.82, 2.24) is 0 Å². The lowest BCUT2D eigenvalue weighted by molar-refractivity contribution is 0.0990. The van der Waals surface area contributed by atoms with Crippen LogP contribution in [0.4, 0.5) is 8.78 Å². The van der Waals surface area contributed by atoms with Gasteiger partial charge in [-0.2, -0.15) is 0 Å². The summed E-state index contributed by atoms with van der Waals surface area (Å²) < 4.78 is 28.5. The van der Waals surface area contributed by atoms with E-state index >= 15 is 0 Å². The molecule has 2 rings (SSSR count). The van der Waals surface area contributed by atoms with Crippen LogP contribution in [0.2, 0.25) is 0 Å². The Morgan fingerprint density at radius 3 is 2.37 bits per heavy atom. The maximum Gasteiger partial charge on any atom is 0.167 e. The first-order valence-electron chi connectivity index (χ1n) is 5.40. The van der Waals surface area contributed by atoms with Crippen molar-refractivity contribution in [3.63, 3.8) is 0 Å². The van der Waals surface area contributed by atoms with Crippen LogP contribution in [-0.4, -0.2) is 5.78 Å². The number of halogens is 4. The zero-order valence-corrected chi connectivity index (χ0v) is 13.3. The molecular formula is C14H8BrF2IO. The van der Waals surface area contributed by atoms with Gasteiger partial charge in [0.1, 0.15) is 11.6 Å². The van der Waals surface area contributed by atoms with E-state index in [9.17, 15) is 13.6 Å². The van der Waals surface area contributed by atoms with Crippen molar-refractivity contribution in [2.75, 3.05) is 0 Å². The third kappa shape index (κ3) is 3.39. The molecule has 19 heavy (non-hydrogen) atoms. The Balaban J connectivity index is 2.29. The molecule has 0 atom stereocenters. The maximum absolute atomic E-state index is 13.8. The molecule has 5 heteroatoms. The lowest BCUT2D eigenvalue weighted by Gasteiger charge is -2.06. The van der Waals surface area contributed by atoms with Gasteiger partial charge in [0.2, 0.25) is 0 Å². The highest BCUT2D eigenvalue weighted by Crippen LogP contribution is 2.23. The number of carbonyl (C=O) groups excluding carboxylic acids is 1. The molecule has 0 aromatic heterocycles. The molecule has 0 aliphatic heterocycles. The van der Waals surface area contributed by atoms with Crippen molar-refractivity contribution < 1.29 is 13.6 Å². The van der Waals surface area contributed by atoms with Gasteiger partial charge in [-0.05, 0) is 62.8 Å². The van der Waals surface area contributed by atoms with E-state index in [0.717, 1.165) is 9.64 Å². The van der Waals surface area contributed by atoms with Gasteiger partial charge in [-0.15, -0.1) is 0 Å². The van der Waals surface area contributed by atoms with Gasteiger partial charge in [0.15, 0.2) is 5.78 Å². The molecular weight excluding hydrogens is 429 g/mol. The normalized spacial score (nSPS) is 10.5. The summed E-state index contributed by atoms with van der Waals surface area (Å²) in [5.41, 5.74) is 0.233. The minimum absolute atomic E-state index is 0.152. The smallest absolute Gasteiger partial charge is 0.167 e. The average molecular weight is 437 g/mol. The molecule has 0 N–H and O–H groups in total. The number of Topliss-reactive ketones (excluding diaryl/α,β-unsaturated/α-hetero) is 1. The highest BCUT2D eigenvalue weighted by Gasteiger charge is 2.16. The van der Waals surface area contributed by atoms with Crippen molar-refractivity contribution >= 4 is 44.3 Å². The first kappa shape index (κ1) is 14.6. The fourth-order valence-corrected chi connectivity index (χ4v) is 2.36. The number of ketones is 1. The van der Waals surface area contributed by atoms with Crippen molar-refractivity contribution in [1.29, 1.82) is 0 Å². The van der Waals surface area contributed by atoms with Crippen molar-refractivity contribution in [3.8, 4) is 0 Å². The number of benzene rings is 2. The molecule has 0 unspecified atom stereocenters. The van der Waals surface area contributed by atoms with Gasteiger partial charge in [0, 0.05) is 21.1 Å². The first-order chi connectivity index (χ1) is 8.99. The molecule has 0 heterocycles. The predicted molar refractivity (Wildman–Crippen MR) is 81.3 cm³/mol. The van der Waals surface area contributed by atoms with Crippen LogP contribution in [-0.2, 0) is 6.42 Å². The summed E-state index contributed by atoms with van der Waals surface area (Å²) in [6, 6.07) is 9.28. The van der Waals surface area contributed by atoms with Gasteiger partial charge < -0.3 is 0 Å². The van der Waals surface area contributed by atoms with E-state index in [1.807, 2.05) is 0 Å². The molecule has 2 aromatic rings. The van der Waals surface area contributed by atoms with Gasteiger partial charge >= 0.3 is 0 Å². The predicted octanol–water partition coefficient (Wildman–Crippen LogP) is 4.76. The Labute approximate surface area is 131 Å². The lowest BCUT2D eigenvalue weighted by Crippen LogP contribution is -2.07. The standard InChI is InChI=1S/C14H8BrF2IO/c15-11-5-6-12(16)10(14(11)17)7-13(19)8-1-3-9(18)4-2-8/h1-6H,7H2. The molecule has 2 aromatic carbocycles. The number of hydrogen-bond donors (Lipinski definition) is 0. The van der Waals surface area contributed by atoms with Crippen LogP contribution >= 0.6 is 38.5 Å². The topological polar surface area (TPSA) is 17.1 Å². The lowest BCUT2D eigenvalue weighted by atomic mass is 10.0. The SMILES string of the molecule is O=C(Cc1c(F)ccc(Br)c1F)c1ccc(I)cc1. The molecule has 0 aliphatic carbocycles. The Morgan fingerprint density at radius 1 is 1.11 bits per heavy atom. The highest BCUT2D eigenvalue weighted by molar-refractivity contribution is 14.1. The van der Waals surface area contributed by atoms with Gasteiger partial charge in [-0.1, -0.05) is 12.1 Å². The molecule has 0 spiro atoms. The van der Waals surface area contributed by atoms with E-state index in [0.29, 0.717) is 5.56 Å². The Hall–Kier alpha value is -0.820. The summed E-state index contributed by atoms with van der Waals surface area (Å²) in [7, 11) is 0. The number of carbonyl (C=O) groups is 1. The monoisotopic (exact) mass is 436 g/mol. The Kier molecular flexibility index (Phi) is 4.67. The summed E-state index contributed by atoms with van der Waals surface area (Å²) >= 11 is 5.10. The van der Waals surface area contributed by atoms with Crippen molar-refractivity contribution in [2.24, 2.45) is 0 Å². The molecule has 0 saturated heterocycles. The van der Waals surface area contributed by atoms with E-state index in [1.165, 1.54) is 6.07 Å². The van der Waals surface area contributed by atoms with E-state index < -0.39 is 11.6 Å². The molecule has 1 nitrogen and oxygen atoms in total. The van der Waals surface area contributed by atoms with Crippen LogP contribution in [0.15, 0.2) is 40.9 Å². The molecule has 0 aliphatic rings. The van der Waals surface area contributed by atoms with Gasteiger partial charge in [0.05, 0.1) is 4.47 Å². The van der Waals surface area contributed by atoms with Gasteiger partial charge in [-0.3, -0.25) is 4.79 Å². The largest absolute Gasteiger partial charge is 0.294 e. The number of hydrogen-bond acceptors (Lipinski definition) is 1. The third-order valence-electron chi connectivity index (χ3n) is 2.64. The molecule has 0 fully saturated rings. The van der Waals surface area contributed by atoms with Crippen LogP contribution in [0.1, 0.15) is 15.9 Å². The fourth-order valence-electron chi connectivity index (χ4n) is 1.63. The zero-order valence-electron chi connectivity index (χ0n) is 9.59. The fraction of sp³-hybridized carbons (Fsp3) is 0.0714. The summed E-state index contributed by atoms with van der Waals surface area (Å²) in [4.78, 5) is 12.0. The third-order valence-corrected chi connectivity index (χ3v) is 3.97. The molecule has 0 bridgehead atoms. The molecule has 98 valence electrons. The van der Waals surface area contributed by atoms with Gasteiger partial charge in [0.25, 0.3) is 0 Å². The quantitative estimate of drug-likeness (QED) is 0.385. The second kappa shape index (κ2) is 6.09. The van der Waals surface area contributed by atoms with Crippen molar-refractivity contribution in [2.45, 2.75) is 6.42 Å². The minimum Gasteiger partial charge on any atom is -0.294 e. The average Bonchev–Trinajstić information content (AvgIpc) is 2.40. The van der Waals surface area contributed by atoms with E-state index in [-0.39, 0.29) is 22.2 Å². The molecule has 0 saturated carbocycles. The summed E-state index contributed by atoms with van der Waals surface area (Å²) in [6.45, 7) is 0. The van der Waals surface area contributed by atoms with E-state index in [2.05, 4.69) is 38.5 Å². The summed E-state index contributed by atoms with van der Waals surface area (Å²) in [6.07, 6.45) is -0.294. The zero-order chi connectivity index (χ0) is 14.0. The van der Waals surface area contributed by atoms with Gasteiger partial charge in [-0.25, -0.2) is 8.78 Å². The highest BCUT2D eigenvalue weighted by atomic mass is 127. The molecule has 0 radical (unpaired) electrons. The van der Waals surface area contributed by atoms with Crippen LogP contribution in [0, 0.1) is 15.2 Å². The first-order valence-corrected chi connectivity index (χ1v) is 7.27. The second-order valence-electron chi connectivity index (χ2n) is 3.93. The van der Waals surface area contributed by atoms with E-state index in [1.54, 1.807) is 24.3 Å². The summed E-state index contributed by atoms with van der Waals surface area (Å²) in [5, 5.41) is 0. The van der Waals surface area contributed by atoms with Crippen LogP contribution in [0.25, 0.3) is 0 Å². The number of rotatable bonds is 3. The molecule has 0 amide bonds. The summed E-state index contributed by atoms with van der Waals surface area (Å²) in [5.74, 6) is -1.74. The Bertz CT molecular complexity index is 626. The van der Waals surface area contributed by atoms with Crippen molar-refractivity contribution in [3.05, 3.63) is 67.2 Å². The van der Waals surface area contributed by atoms with Crippen LogP contribution < -0.4 is 0 Å². The van der Waals surface area contributed by atoms with Crippen LogP contribution in [0.3, 0.4) is 0 Å².